The minimum absolute atomic E-state index is 0.0498. The summed E-state index contributed by atoms with van der Waals surface area (Å²) in [4.78, 5) is 12.2. The Morgan fingerprint density at radius 1 is 1.14 bits per heavy atom. The van der Waals surface area contributed by atoms with Gasteiger partial charge in [0.25, 0.3) is 0 Å². The molecule has 0 heterocycles. The van der Waals surface area contributed by atoms with Crippen molar-refractivity contribution in [1.82, 2.24) is 0 Å². The molecule has 1 aliphatic rings. The van der Waals surface area contributed by atoms with Crippen LogP contribution >= 0.6 is 0 Å². The van der Waals surface area contributed by atoms with Crippen molar-refractivity contribution in [2.75, 3.05) is 0 Å². The van der Waals surface area contributed by atoms with E-state index in [0.29, 0.717) is 0 Å². The lowest BCUT2D eigenvalue weighted by Gasteiger charge is -2.40. The molecular formula is C18H26O2Si. The van der Waals surface area contributed by atoms with E-state index in [0.717, 1.165) is 12.0 Å². The van der Waals surface area contributed by atoms with Crippen LogP contribution < -0.4 is 0 Å². The first-order valence-corrected chi connectivity index (χ1v) is 10.6. The van der Waals surface area contributed by atoms with Crippen LogP contribution in [0.3, 0.4) is 0 Å². The van der Waals surface area contributed by atoms with Gasteiger partial charge in [-0.15, -0.1) is 0 Å². The van der Waals surface area contributed by atoms with E-state index in [4.69, 9.17) is 4.43 Å². The zero-order chi connectivity index (χ0) is 15.7. The third-order valence-electron chi connectivity index (χ3n) is 4.74. The van der Waals surface area contributed by atoms with E-state index in [-0.39, 0.29) is 22.8 Å². The fourth-order valence-electron chi connectivity index (χ4n) is 2.37. The number of ketones is 1. The van der Waals surface area contributed by atoms with Gasteiger partial charge in [0.2, 0.25) is 0 Å². The summed E-state index contributed by atoms with van der Waals surface area (Å²) < 4.78 is 6.44. The van der Waals surface area contributed by atoms with Gasteiger partial charge in [0.05, 0.1) is 6.10 Å². The van der Waals surface area contributed by atoms with E-state index in [1.54, 1.807) is 6.08 Å². The molecular weight excluding hydrogens is 276 g/mol. The highest BCUT2D eigenvalue weighted by molar-refractivity contribution is 6.74. The van der Waals surface area contributed by atoms with E-state index in [1.165, 1.54) is 0 Å². The number of benzene rings is 1. The Kier molecular flexibility index (Phi) is 4.54. The van der Waals surface area contributed by atoms with Crippen LogP contribution in [-0.2, 0) is 9.22 Å². The molecule has 2 nitrogen and oxygen atoms in total. The normalized spacial score (nSPS) is 23.4. The van der Waals surface area contributed by atoms with Crippen molar-refractivity contribution in [3.8, 4) is 0 Å². The molecule has 0 spiro atoms. The van der Waals surface area contributed by atoms with Gasteiger partial charge in [0.1, 0.15) is 0 Å². The Morgan fingerprint density at radius 2 is 1.76 bits per heavy atom. The zero-order valence-electron chi connectivity index (χ0n) is 13.7. The Morgan fingerprint density at radius 3 is 2.33 bits per heavy atom. The number of hydrogen-bond donors (Lipinski definition) is 0. The van der Waals surface area contributed by atoms with Gasteiger partial charge in [-0.3, -0.25) is 4.79 Å². The van der Waals surface area contributed by atoms with Crippen LogP contribution in [0.15, 0.2) is 42.5 Å². The predicted octanol–water partition coefficient (Wildman–Crippen LogP) is 4.69. The summed E-state index contributed by atoms with van der Waals surface area (Å²) in [6, 6.07) is 10.0. The molecule has 0 aliphatic heterocycles. The minimum Gasteiger partial charge on any atom is -0.411 e. The highest BCUT2D eigenvalue weighted by Gasteiger charge is 2.40. The second-order valence-corrected chi connectivity index (χ2v) is 12.1. The molecule has 0 fully saturated rings. The van der Waals surface area contributed by atoms with E-state index in [9.17, 15) is 4.79 Å². The van der Waals surface area contributed by atoms with Crippen LogP contribution in [0.2, 0.25) is 18.1 Å². The van der Waals surface area contributed by atoms with Crippen LogP contribution in [0.4, 0.5) is 0 Å². The average molecular weight is 302 g/mol. The van der Waals surface area contributed by atoms with Crippen molar-refractivity contribution >= 4 is 14.1 Å². The molecule has 21 heavy (non-hydrogen) atoms. The molecule has 0 unspecified atom stereocenters. The summed E-state index contributed by atoms with van der Waals surface area (Å²) in [6.45, 7) is 11.2. The fraction of sp³-hybridized carbons (Fsp3) is 0.500. The maximum atomic E-state index is 12.2. The van der Waals surface area contributed by atoms with Crippen molar-refractivity contribution in [2.24, 2.45) is 0 Å². The summed E-state index contributed by atoms with van der Waals surface area (Å²) >= 11 is 0. The summed E-state index contributed by atoms with van der Waals surface area (Å²) in [5.74, 6) is 0.127. The highest BCUT2D eigenvalue weighted by Crippen LogP contribution is 2.39. The molecule has 1 aromatic rings. The Balaban J connectivity index is 2.15. The summed E-state index contributed by atoms with van der Waals surface area (Å²) in [6.07, 6.45) is 4.46. The van der Waals surface area contributed by atoms with Crippen LogP contribution in [0, 0.1) is 0 Å². The zero-order valence-corrected chi connectivity index (χ0v) is 14.7. The van der Waals surface area contributed by atoms with Gasteiger partial charge in [-0.2, -0.15) is 0 Å². The van der Waals surface area contributed by atoms with Gasteiger partial charge in [-0.05, 0) is 36.2 Å². The lowest BCUT2D eigenvalue weighted by atomic mass is 9.85. The third kappa shape index (κ3) is 3.72. The van der Waals surface area contributed by atoms with E-state index in [1.807, 2.05) is 36.4 Å². The van der Waals surface area contributed by atoms with Crippen molar-refractivity contribution in [3.63, 3.8) is 0 Å². The molecule has 0 amide bonds. The molecule has 0 aromatic heterocycles. The van der Waals surface area contributed by atoms with Crippen molar-refractivity contribution in [1.29, 1.82) is 0 Å². The van der Waals surface area contributed by atoms with Crippen molar-refractivity contribution in [2.45, 2.75) is 57.3 Å². The van der Waals surface area contributed by atoms with Crippen LogP contribution in [0.5, 0.6) is 0 Å². The molecule has 0 saturated heterocycles. The average Bonchev–Trinajstić information content (AvgIpc) is 2.40. The second kappa shape index (κ2) is 5.89. The maximum Gasteiger partial charge on any atom is 0.192 e. The molecule has 1 aliphatic carbocycles. The summed E-state index contributed by atoms with van der Waals surface area (Å²) in [5.41, 5.74) is 1.09. The largest absolute Gasteiger partial charge is 0.411 e. The molecule has 3 heteroatoms. The van der Waals surface area contributed by atoms with Gasteiger partial charge in [0, 0.05) is 5.92 Å². The van der Waals surface area contributed by atoms with Crippen molar-refractivity contribution < 1.29 is 9.22 Å². The number of rotatable bonds is 3. The van der Waals surface area contributed by atoms with Gasteiger partial charge in [-0.25, -0.2) is 0 Å². The summed E-state index contributed by atoms with van der Waals surface area (Å²) in [5, 5.41) is 0.185. The number of allylic oxidation sites excluding steroid dienone is 1. The predicted molar refractivity (Wildman–Crippen MR) is 90.0 cm³/mol. The Labute approximate surface area is 129 Å². The fourth-order valence-corrected chi connectivity index (χ4v) is 3.66. The van der Waals surface area contributed by atoms with Crippen LogP contribution in [0.25, 0.3) is 0 Å². The van der Waals surface area contributed by atoms with Gasteiger partial charge >= 0.3 is 0 Å². The molecule has 2 rings (SSSR count). The van der Waals surface area contributed by atoms with Gasteiger partial charge in [-0.1, -0.05) is 57.2 Å². The van der Waals surface area contributed by atoms with Crippen LogP contribution in [-0.4, -0.2) is 20.2 Å². The molecule has 1 aromatic carbocycles. The lowest BCUT2D eigenvalue weighted by molar-refractivity contribution is -0.117. The highest BCUT2D eigenvalue weighted by atomic mass is 28.4. The first kappa shape index (κ1) is 16.2. The molecule has 0 radical (unpaired) electrons. The monoisotopic (exact) mass is 302 g/mol. The number of carbonyl (C=O) groups is 1. The Bertz CT molecular complexity index is 526. The summed E-state index contributed by atoms with van der Waals surface area (Å²) in [7, 11) is -1.81. The molecule has 114 valence electrons. The number of hydrogen-bond acceptors (Lipinski definition) is 2. The second-order valence-electron chi connectivity index (χ2n) is 7.38. The quantitative estimate of drug-likeness (QED) is 0.757. The maximum absolute atomic E-state index is 12.2. The minimum atomic E-state index is -1.81. The first-order valence-electron chi connectivity index (χ1n) is 7.65. The topological polar surface area (TPSA) is 26.3 Å². The van der Waals surface area contributed by atoms with E-state index < -0.39 is 8.32 Å². The van der Waals surface area contributed by atoms with Crippen LogP contribution in [0.1, 0.15) is 38.7 Å². The standard InChI is InChI=1S/C18H26O2Si/c1-18(2,3)21(4,5)20-15-11-12-17(19)16(13-15)14-9-7-6-8-10-14/h6-12,15-16H,13H2,1-5H3/t15-,16+/m0/s1. The molecule has 2 atom stereocenters. The first-order chi connectivity index (χ1) is 9.71. The van der Waals surface area contributed by atoms with Gasteiger partial charge < -0.3 is 4.43 Å². The molecule has 0 N–H and O–H groups in total. The SMILES string of the molecule is CC(C)(C)[Si](C)(C)O[C@H]1C=CC(=O)[C@@H](c2ccccc2)C1. The third-order valence-corrected chi connectivity index (χ3v) is 9.25. The lowest BCUT2D eigenvalue weighted by Crippen LogP contribution is -2.44. The molecule has 0 bridgehead atoms. The van der Waals surface area contributed by atoms with E-state index >= 15 is 0 Å². The van der Waals surface area contributed by atoms with Gasteiger partial charge in [0.15, 0.2) is 14.1 Å². The van der Waals surface area contributed by atoms with Crippen molar-refractivity contribution in [3.05, 3.63) is 48.0 Å². The van der Waals surface area contributed by atoms with E-state index in [2.05, 4.69) is 33.9 Å². The number of carbonyl (C=O) groups excluding carboxylic acids is 1. The smallest absolute Gasteiger partial charge is 0.192 e. The molecule has 0 saturated carbocycles. The Hall–Kier alpha value is -1.19.